The molecule has 1 aromatic heterocycles. The maximum Gasteiger partial charge on any atom is 0.224 e. The molecular weight excluding hydrogens is 302 g/mol. The Morgan fingerprint density at radius 1 is 1.08 bits per heavy atom. The number of benzene rings is 1. The van der Waals surface area contributed by atoms with E-state index in [1.807, 2.05) is 24.4 Å². The first-order chi connectivity index (χ1) is 11.8. The van der Waals surface area contributed by atoms with Crippen LogP contribution in [0.2, 0.25) is 0 Å². The molecular formula is C18H25N5O. The maximum atomic E-state index is 5.48. The van der Waals surface area contributed by atoms with Crippen LogP contribution in [0.25, 0.3) is 0 Å². The Morgan fingerprint density at radius 3 is 2.58 bits per heavy atom. The Hall–Kier alpha value is -2.50. The summed E-state index contributed by atoms with van der Waals surface area (Å²) in [4.78, 5) is 13.6. The summed E-state index contributed by atoms with van der Waals surface area (Å²) >= 11 is 0. The van der Waals surface area contributed by atoms with Crippen molar-refractivity contribution < 1.29 is 4.74 Å². The zero-order chi connectivity index (χ0) is 16.8. The lowest BCUT2D eigenvalue weighted by molar-refractivity contribution is 0.413. The van der Waals surface area contributed by atoms with E-state index >= 15 is 0 Å². The molecule has 1 aliphatic rings. The average Bonchev–Trinajstić information content (AvgIpc) is 2.66. The largest absolute Gasteiger partial charge is 0.495 e. The van der Waals surface area contributed by atoms with E-state index < -0.39 is 0 Å². The fourth-order valence-electron chi connectivity index (χ4n) is 2.91. The van der Waals surface area contributed by atoms with Crippen LogP contribution < -0.4 is 19.9 Å². The van der Waals surface area contributed by atoms with Gasteiger partial charge in [0.2, 0.25) is 5.95 Å². The molecule has 1 saturated heterocycles. The van der Waals surface area contributed by atoms with Gasteiger partial charge in [-0.3, -0.25) is 0 Å². The molecule has 1 aromatic carbocycles. The van der Waals surface area contributed by atoms with Crippen LogP contribution >= 0.6 is 0 Å². The van der Waals surface area contributed by atoms with E-state index in [2.05, 4.69) is 44.1 Å². The van der Waals surface area contributed by atoms with Crippen LogP contribution in [0.3, 0.4) is 0 Å². The molecule has 0 atom stereocenters. The van der Waals surface area contributed by atoms with Crippen molar-refractivity contribution in [2.75, 3.05) is 55.0 Å². The first-order valence-electron chi connectivity index (χ1n) is 8.51. The maximum absolute atomic E-state index is 5.48. The fourth-order valence-corrected chi connectivity index (χ4v) is 2.91. The highest BCUT2D eigenvalue weighted by Gasteiger charge is 2.20. The van der Waals surface area contributed by atoms with E-state index in [0.717, 1.165) is 56.4 Å². The van der Waals surface area contributed by atoms with Gasteiger partial charge in [-0.15, -0.1) is 0 Å². The molecule has 6 heteroatoms. The van der Waals surface area contributed by atoms with Gasteiger partial charge in [0.15, 0.2) is 0 Å². The minimum Gasteiger partial charge on any atom is -0.495 e. The van der Waals surface area contributed by atoms with Crippen LogP contribution in [0.15, 0.2) is 36.5 Å². The van der Waals surface area contributed by atoms with Crippen molar-refractivity contribution in [1.29, 1.82) is 0 Å². The highest BCUT2D eigenvalue weighted by Crippen LogP contribution is 2.29. The van der Waals surface area contributed by atoms with Gasteiger partial charge in [0.1, 0.15) is 11.6 Å². The Balaban J connectivity index is 1.65. The van der Waals surface area contributed by atoms with Crippen LogP contribution in [0.5, 0.6) is 5.75 Å². The van der Waals surface area contributed by atoms with Gasteiger partial charge >= 0.3 is 0 Å². The standard InChI is InChI=1S/C18H25N5O/c1-3-9-19-18-20-10-8-17(21-18)23-13-11-22(12-14-23)15-6-4-5-7-16(15)24-2/h4-8,10H,3,9,11-14H2,1-2H3,(H,19,20,21). The van der Waals surface area contributed by atoms with Gasteiger partial charge in [-0.05, 0) is 24.6 Å². The summed E-state index contributed by atoms with van der Waals surface area (Å²) in [7, 11) is 1.72. The predicted octanol–water partition coefficient (Wildman–Crippen LogP) is 2.63. The molecule has 1 N–H and O–H groups in total. The quantitative estimate of drug-likeness (QED) is 0.880. The van der Waals surface area contributed by atoms with Crippen molar-refractivity contribution in [3.8, 4) is 5.75 Å². The summed E-state index contributed by atoms with van der Waals surface area (Å²) in [5, 5.41) is 3.25. The minimum atomic E-state index is 0.710. The number of aromatic nitrogens is 2. The molecule has 0 saturated carbocycles. The number of anilines is 3. The molecule has 3 rings (SSSR count). The number of piperazine rings is 1. The van der Waals surface area contributed by atoms with E-state index in [9.17, 15) is 0 Å². The Bertz CT molecular complexity index is 655. The normalized spacial score (nSPS) is 14.6. The smallest absolute Gasteiger partial charge is 0.224 e. The van der Waals surface area contributed by atoms with Crippen LogP contribution in [-0.2, 0) is 0 Å². The lowest BCUT2D eigenvalue weighted by Gasteiger charge is -2.37. The molecule has 128 valence electrons. The number of nitrogens with zero attached hydrogens (tertiary/aromatic N) is 4. The van der Waals surface area contributed by atoms with Crippen molar-refractivity contribution in [3.63, 3.8) is 0 Å². The van der Waals surface area contributed by atoms with Gasteiger partial charge in [-0.25, -0.2) is 4.98 Å². The third kappa shape index (κ3) is 3.69. The SMILES string of the molecule is CCCNc1nccc(N2CCN(c3ccccc3OC)CC2)n1. The Morgan fingerprint density at radius 2 is 1.83 bits per heavy atom. The topological polar surface area (TPSA) is 53.5 Å². The first kappa shape index (κ1) is 16.4. The lowest BCUT2D eigenvalue weighted by Crippen LogP contribution is -2.47. The lowest BCUT2D eigenvalue weighted by atomic mass is 10.2. The summed E-state index contributed by atoms with van der Waals surface area (Å²) in [5.41, 5.74) is 1.16. The molecule has 0 unspecified atom stereocenters. The highest BCUT2D eigenvalue weighted by atomic mass is 16.5. The van der Waals surface area contributed by atoms with Crippen molar-refractivity contribution >= 4 is 17.5 Å². The van der Waals surface area contributed by atoms with Crippen molar-refractivity contribution in [2.24, 2.45) is 0 Å². The number of ether oxygens (including phenoxy) is 1. The molecule has 0 aliphatic carbocycles. The van der Waals surface area contributed by atoms with E-state index in [1.165, 1.54) is 0 Å². The number of hydrogen-bond donors (Lipinski definition) is 1. The molecule has 0 radical (unpaired) electrons. The van der Waals surface area contributed by atoms with Crippen molar-refractivity contribution in [2.45, 2.75) is 13.3 Å². The summed E-state index contributed by atoms with van der Waals surface area (Å²) < 4.78 is 5.48. The summed E-state index contributed by atoms with van der Waals surface area (Å²) in [5.74, 6) is 2.63. The minimum absolute atomic E-state index is 0.710. The number of nitrogens with one attached hydrogen (secondary N) is 1. The third-order valence-electron chi connectivity index (χ3n) is 4.20. The van der Waals surface area contributed by atoms with Gasteiger partial charge in [0.05, 0.1) is 12.8 Å². The second-order valence-corrected chi connectivity index (χ2v) is 5.81. The van der Waals surface area contributed by atoms with E-state index in [1.54, 1.807) is 7.11 Å². The summed E-state index contributed by atoms with van der Waals surface area (Å²) in [6, 6.07) is 10.2. The van der Waals surface area contributed by atoms with Crippen molar-refractivity contribution in [1.82, 2.24) is 9.97 Å². The van der Waals surface area contributed by atoms with Crippen LogP contribution in [0, 0.1) is 0 Å². The number of methoxy groups -OCH3 is 1. The third-order valence-corrected chi connectivity index (χ3v) is 4.20. The number of rotatable bonds is 6. The highest BCUT2D eigenvalue weighted by molar-refractivity contribution is 5.59. The van der Waals surface area contributed by atoms with Crippen LogP contribution in [0.4, 0.5) is 17.5 Å². The number of para-hydroxylation sites is 2. The Labute approximate surface area is 143 Å². The van der Waals surface area contributed by atoms with Gasteiger partial charge in [0.25, 0.3) is 0 Å². The van der Waals surface area contributed by atoms with Crippen LogP contribution in [0.1, 0.15) is 13.3 Å². The molecule has 2 heterocycles. The fraction of sp³-hybridized carbons (Fsp3) is 0.444. The zero-order valence-corrected chi connectivity index (χ0v) is 14.4. The van der Waals surface area contributed by atoms with Gasteiger partial charge in [-0.2, -0.15) is 4.98 Å². The molecule has 2 aromatic rings. The number of hydrogen-bond acceptors (Lipinski definition) is 6. The molecule has 1 aliphatic heterocycles. The molecule has 24 heavy (non-hydrogen) atoms. The molecule has 0 amide bonds. The monoisotopic (exact) mass is 327 g/mol. The Kier molecular flexibility index (Phi) is 5.36. The predicted molar refractivity (Wildman–Crippen MR) is 98.2 cm³/mol. The van der Waals surface area contributed by atoms with Gasteiger partial charge in [-0.1, -0.05) is 19.1 Å². The second kappa shape index (κ2) is 7.86. The molecule has 6 nitrogen and oxygen atoms in total. The molecule has 0 spiro atoms. The van der Waals surface area contributed by atoms with Crippen LogP contribution in [-0.4, -0.2) is 49.8 Å². The second-order valence-electron chi connectivity index (χ2n) is 5.81. The van der Waals surface area contributed by atoms with Gasteiger partial charge in [0, 0.05) is 38.9 Å². The average molecular weight is 327 g/mol. The van der Waals surface area contributed by atoms with E-state index in [0.29, 0.717) is 5.95 Å². The zero-order valence-electron chi connectivity index (χ0n) is 14.4. The van der Waals surface area contributed by atoms with Gasteiger partial charge < -0.3 is 19.9 Å². The summed E-state index contributed by atoms with van der Waals surface area (Å²) in [6.07, 6.45) is 2.89. The first-order valence-corrected chi connectivity index (χ1v) is 8.51. The molecule has 0 bridgehead atoms. The van der Waals surface area contributed by atoms with E-state index in [-0.39, 0.29) is 0 Å². The summed E-state index contributed by atoms with van der Waals surface area (Å²) in [6.45, 7) is 6.79. The molecule has 1 fully saturated rings. The van der Waals surface area contributed by atoms with E-state index in [4.69, 9.17) is 4.74 Å². The van der Waals surface area contributed by atoms with Crippen molar-refractivity contribution in [3.05, 3.63) is 36.5 Å².